The van der Waals surface area contributed by atoms with Crippen molar-refractivity contribution in [1.29, 1.82) is 0 Å². The van der Waals surface area contributed by atoms with Crippen molar-refractivity contribution in [3.8, 4) is 5.75 Å². The molecule has 1 aromatic carbocycles. The number of para-hydroxylation sites is 1. The van der Waals surface area contributed by atoms with Gasteiger partial charge in [-0.15, -0.1) is 0 Å². The zero-order valence-corrected chi connectivity index (χ0v) is 11.1. The minimum absolute atomic E-state index is 0.0324. The first kappa shape index (κ1) is 10.9. The van der Waals surface area contributed by atoms with Gasteiger partial charge in [-0.1, -0.05) is 25.1 Å². The molecule has 3 aliphatic rings. The van der Waals surface area contributed by atoms with E-state index in [1.165, 1.54) is 12.0 Å². The van der Waals surface area contributed by atoms with Crippen LogP contribution in [0.5, 0.6) is 5.75 Å². The molecule has 0 aromatic heterocycles. The molecule has 0 radical (unpaired) electrons. The summed E-state index contributed by atoms with van der Waals surface area (Å²) in [6, 6.07) is 8.40. The molecule has 4 rings (SSSR count). The van der Waals surface area contributed by atoms with Gasteiger partial charge in [0.1, 0.15) is 11.4 Å². The summed E-state index contributed by atoms with van der Waals surface area (Å²) in [5, 5.41) is 0. The summed E-state index contributed by atoms with van der Waals surface area (Å²) < 4.78 is 12.6. The molecule has 2 nitrogen and oxygen atoms in total. The average molecular weight is 244 g/mol. The van der Waals surface area contributed by atoms with E-state index in [0.29, 0.717) is 11.8 Å². The Bertz CT molecular complexity index is 484. The Balaban J connectivity index is 1.83. The van der Waals surface area contributed by atoms with Crippen LogP contribution in [0.1, 0.15) is 38.4 Å². The topological polar surface area (TPSA) is 18.5 Å². The first-order chi connectivity index (χ1) is 8.67. The van der Waals surface area contributed by atoms with Gasteiger partial charge in [0, 0.05) is 11.5 Å². The van der Waals surface area contributed by atoms with Crippen molar-refractivity contribution in [2.24, 2.45) is 17.8 Å². The van der Waals surface area contributed by atoms with Crippen LogP contribution in [0.3, 0.4) is 0 Å². The molecule has 0 unspecified atom stereocenters. The molecule has 0 N–H and O–H groups in total. The van der Waals surface area contributed by atoms with Gasteiger partial charge in [-0.05, 0) is 37.7 Å². The van der Waals surface area contributed by atoms with E-state index in [1.807, 2.05) is 0 Å². The fourth-order valence-corrected chi connectivity index (χ4v) is 4.27. The Morgan fingerprint density at radius 1 is 1.28 bits per heavy atom. The van der Waals surface area contributed by atoms with Crippen molar-refractivity contribution < 1.29 is 9.47 Å². The van der Waals surface area contributed by atoms with Crippen molar-refractivity contribution in [3.63, 3.8) is 0 Å². The van der Waals surface area contributed by atoms with E-state index in [2.05, 4.69) is 38.1 Å². The molecule has 2 aliphatic heterocycles. The van der Waals surface area contributed by atoms with Gasteiger partial charge in [-0.25, -0.2) is 0 Å². The number of fused-ring (bicyclic) bond motifs is 3. The fourth-order valence-electron chi connectivity index (χ4n) is 4.27. The van der Waals surface area contributed by atoms with Gasteiger partial charge in [0.15, 0.2) is 0 Å². The molecule has 2 fully saturated rings. The number of hydrogen-bond acceptors (Lipinski definition) is 2. The highest BCUT2D eigenvalue weighted by Crippen LogP contribution is 2.56. The molecule has 2 bridgehead atoms. The highest BCUT2D eigenvalue weighted by atomic mass is 16.5. The third-order valence-electron chi connectivity index (χ3n) is 5.30. The molecule has 96 valence electrons. The summed E-state index contributed by atoms with van der Waals surface area (Å²) in [5.41, 5.74) is 1.23. The predicted octanol–water partition coefficient (Wildman–Crippen LogP) is 3.57. The molecule has 2 heterocycles. The van der Waals surface area contributed by atoms with Gasteiger partial charge in [0.25, 0.3) is 0 Å². The maximum absolute atomic E-state index is 6.37. The van der Waals surface area contributed by atoms with E-state index in [4.69, 9.17) is 9.47 Å². The molecule has 1 saturated carbocycles. The lowest BCUT2D eigenvalue weighted by Crippen LogP contribution is -2.56. The van der Waals surface area contributed by atoms with Gasteiger partial charge in [0.05, 0.1) is 12.7 Å². The van der Waals surface area contributed by atoms with E-state index < -0.39 is 0 Å². The zero-order chi connectivity index (χ0) is 12.3. The summed E-state index contributed by atoms with van der Waals surface area (Å²) in [6.07, 6.45) is 2.68. The molecule has 1 aromatic rings. The quantitative estimate of drug-likeness (QED) is 0.694. The van der Waals surface area contributed by atoms with Crippen LogP contribution in [-0.2, 0) is 4.74 Å². The standard InChI is InChI=1S/C16H20O2/c1-10-8-16(2)13-7-11(10)9-17-15(13)12-5-3-4-6-14(12)18-16/h3-6,10-11,13,15H,7-9H2,1-2H3/t10-,11-,13-,15-,16-/m1/s1. The minimum atomic E-state index is -0.0324. The summed E-state index contributed by atoms with van der Waals surface area (Å²) in [6.45, 7) is 5.55. The van der Waals surface area contributed by atoms with Crippen LogP contribution in [0.25, 0.3) is 0 Å². The normalized spacial score (nSPS) is 45.0. The van der Waals surface area contributed by atoms with E-state index in [1.54, 1.807) is 0 Å². The summed E-state index contributed by atoms with van der Waals surface area (Å²) >= 11 is 0. The molecule has 0 spiro atoms. The molecule has 18 heavy (non-hydrogen) atoms. The summed E-state index contributed by atoms with van der Waals surface area (Å²) in [4.78, 5) is 0. The molecule has 1 aliphatic carbocycles. The van der Waals surface area contributed by atoms with Gasteiger partial charge >= 0.3 is 0 Å². The number of ether oxygens (including phenoxy) is 2. The van der Waals surface area contributed by atoms with Crippen molar-refractivity contribution in [2.45, 2.75) is 38.4 Å². The van der Waals surface area contributed by atoms with E-state index in [9.17, 15) is 0 Å². The van der Waals surface area contributed by atoms with Crippen LogP contribution in [-0.4, -0.2) is 12.2 Å². The lowest BCUT2D eigenvalue weighted by molar-refractivity contribution is -0.184. The predicted molar refractivity (Wildman–Crippen MR) is 69.5 cm³/mol. The first-order valence-electron chi connectivity index (χ1n) is 7.07. The van der Waals surface area contributed by atoms with E-state index in [0.717, 1.165) is 24.7 Å². The monoisotopic (exact) mass is 244 g/mol. The minimum Gasteiger partial charge on any atom is -0.487 e. The number of benzene rings is 1. The Kier molecular flexibility index (Phi) is 2.12. The Morgan fingerprint density at radius 2 is 2.11 bits per heavy atom. The smallest absolute Gasteiger partial charge is 0.125 e. The second-order valence-electron chi connectivity index (χ2n) is 6.49. The van der Waals surface area contributed by atoms with Crippen LogP contribution >= 0.6 is 0 Å². The fraction of sp³-hybridized carbons (Fsp3) is 0.625. The lowest BCUT2D eigenvalue weighted by atomic mass is 9.62. The Labute approximate surface area is 108 Å². The summed E-state index contributed by atoms with van der Waals surface area (Å²) in [7, 11) is 0. The second kappa shape index (κ2) is 3.51. The third-order valence-corrected chi connectivity index (χ3v) is 5.30. The molecule has 5 atom stereocenters. The first-order valence-corrected chi connectivity index (χ1v) is 7.07. The Morgan fingerprint density at radius 3 is 3.00 bits per heavy atom. The molecular formula is C16H20O2. The van der Waals surface area contributed by atoms with Gasteiger partial charge in [-0.3, -0.25) is 0 Å². The van der Waals surface area contributed by atoms with Gasteiger partial charge in [0.2, 0.25) is 0 Å². The Hall–Kier alpha value is -1.02. The second-order valence-corrected chi connectivity index (χ2v) is 6.49. The van der Waals surface area contributed by atoms with Crippen LogP contribution in [0.2, 0.25) is 0 Å². The van der Waals surface area contributed by atoms with Crippen LogP contribution in [0, 0.1) is 17.8 Å². The zero-order valence-electron chi connectivity index (χ0n) is 11.1. The van der Waals surface area contributed by atoms with Crippen LogP contribution in [0.15, 0.2) is 24.3 Å². The molecule has 1 saturated heterocycles. The van der Waals surface area contributed by atoms with Gasteiger partial charge < -0.3 is 9.47 Å². The van der Waals surface area contributed by atoms with Crippen LogP contribution < -0.4 is 4.74 Å². The average Bonchev–Trinajstić information content (AvgIpc) is 2.37. The van der Waals surface area contributed by atoms with Crippen molar-refractivity contribution in [2.75, 3.05) is 6.61 Å². The highest BCUT2D eigenvalue weighted by molar-refractivity contribution is 5.39. The largest absolute Gasteiger partial charge is 0.487 e. The van der Waals surface area contributed by atoms with Crippen molar-refractivity contribution in [3.05, 3.63) is 29.8 Å². The lowest BCUT2D eigenvalue weighted by Gasteiger charge is -2.55. The van der Waals surface area contributed by atoms with Gasteiger partial charge in [-0.2, -0.15) is 0 Å². The molecule has 2 heteroatoms. The van der Waals surface area contributed by atoms with Crippen molar-refractivity contribution in [1.82, 2.24) is 0 Å². The van der Waals surface area contributed by atoms with Crippen LogP contribution in [0.4, 0.5) is 0 Å². The highest BCUT2D eigenvalue weighted by Gasteiger charge is 2.54. The number of rotatable bonds is 0. The number of hydrogen-bond donors (Lipinski definition) is 0. The maximum atomic E-state index is 6.37. The molecular weight excluding hydrogens is 224 g/mol. The SMILES string of the molecule is C[C@@H]1C[C@@]2(C)Oc3ccccc3[C@H]3OC[C@H]1C[C@H]32. The van der Waals surface area contributed by atoms with Crippen molar-refractivity contribution >= 4 is 0 Å². The van der Waals surface area contributed by atoms with E-state index >= 15 is 0 Å². The molecule has 0 amide bonds. The summed E-state index contributed by atoms with van der Waals surface area (Å²) in [5.74, 6) is 3.00. The van der Waals surface area contributed by atoms with E-state index in [-0.39, 0.29) is 11.7 Å². The maximum Gasteiger partial charge on any atom is 0.125 e. The third kappa shape index (κ3) is 1.33.